The van der Waals surface area contributed by atoms with Gasteiger partial charge in [-0.05, 0) is 33.8 Å². The first-order chi connectivity index (χ1) is 30.9. The molecule has 5 N–H and O–H groups in total. The molecule has 1 radical (unpaired) electrons. The maximum absolute atomic E-state index is 16.0. The molecule has 0 aliphatic rings. The van der Waals surface area contributed by atoms with Crippen molar-refractivity contribution in [2.24, 2.45) is 0 Å². The van der Waals surface area contributed by atoms with Crippen molar-refractivity contribution in [3.63, 3.8) is 0 Å². The van der Waals surface area contributed by atoms with Gasteiger partial charge >= 0.3 is 37.3 Å². The summed E-state index contributed by atoms with van der Waals surface area (Å²) in [6.07, 6.45) is 0. The van der Waals surface area contributed by atoms with E-state index in [2.05, 4.69) is 0 Å². The molecule has 0 saturated carbocycles. The first kappa shape index (κ1) is 66.2. The molecule has 0 spiro atoms. The molecule has 4 aromatic carbocycles. The fourth-order valence-corrected chi connectivity index (χ4v) is 13.1. The van der Waals surface area contributed by atoms with Crippen molar-refractivity contribution in [2.75, 3.05) is 33.3 Å². The largest absolute Gasteiger partial charge is 3.00 e. The molecule has 5 rings (SSSR count). The van der Waals surface area contributed by atoms with Crippen LogP contribution in [0.1, 0.15) is 50.4 Å². The van der Waals surface area contributed by atoms with Crippen molar-refractivity contribution in [2.45, 2.75) is 39.0 Å². The summed E-state index contributed by atoms with van der Waals surface area (Å²) in [5.74, 6) is -0.947. The van der Waals surface area contributed by atoms with Crippen LogP contribution in [0.2, 0.25) is 0 Å². The summed E-state index contributed by atoms with van der Waals surface area (Å²) in [7, 11) is -6.91. The van der Waals surface area contributed by atoms with E-state index >= 15 is 14.3 Å². The van der Waals surface area contributed by atoms with E-state index in [1.807, 2.05) is 52.0 Å². The zero-order valence-electron chi connectivity index (χ0n) is 37.3. The van der Waals surface area contributed by atoms with Gasteiger partial charge in [0.2, 0.25) is 23.2 Å². The number of pyridine rings is 1. The van der Waals surface area contributed by atoms with Gasteiger partial charge in [-0.25, -0.2) is 0 Å². The second-order valence-corrected chi connectivity index (χ2v) is 18.6. The zero-order valence-corrected chi connectivity index (χ0v) is 40.9. The topological polar surface area (TPSA) is 384 Å². The Balaban J connectivity index is -0.00000220. The van der Waals surface area contributed by atoms with Gasteiger partial charge in [0.15, 0.2) is 25.6 Å². The van der Waals surface area contributed by atoms with E-state index in [1.54, 1.807) is 113 Å². The fourth-order valence-electron chi connectivity index (χ4n) is 6.78. The third-order valence-electron chi connectivity index (χ3n) is 9.47. The third-order valence-corrected chi connectivity index (χ3v) is 16.2. The van der Waals surface area contributed by atoms with E-state index in [1.165, 1.54) is 12.1 Å². The second-order valence-electron chi connectivity index (χ2n) is 12.8. The van der Waals surface area contributed by atoms with Crippen LogP contribution < -0.4 is 25.9 Å². The predicted molar refractivity (Wildman–Crippen MR) is 253 cm³/mol. The van der Waals surface area contributed by atoms with Crippen LogP contribution in [0.4, 0.5) is 0 Å². The number of carbonyl (C=O) groups excluding carboxylic acids is 2. The van der Waals surface area contributed by atoms with Crippen LogP contribution in [0.25, 0.3) is 0 Å². The van der Waals surface area contributed by atoms with Crippen LogP contribution in [-0.2, 0) is 18.7 Å². The Morgan fingerprint density at radius 1 is 0.485 bits per heavy atom. The van der Waals surface area contributed by atoms with Crippen molar-refractivity contribution < 1.29 is 92.1 Å². The van der Waals surface area contributed by atoms with Crippen molar-refractivity contribution in [1.29, 1.82) is 0 Å². The monoisotopic (exact) mass is 1140 g/mol. The summed E-state index contributed by atoms with van der Waals surface area (Å²) in [4.78, 5) is 57.5. The van der Waals surface area contributed by atoms with Gasteiger partial charge in [-0.2, -0.15) is 4.73 Å². The minimum absolute atomic E-state index is 0. The maximum Gasteiger partial charge on any atom is 3.00 e. The Morgan fingerprint density at radius 2 is 0.676 bits per heavy atom. The maximum atomic E-state index is 16.0. The predicted octanol–water partition coefficient (Wildman–Crippen LogP) is 3.41. The second kappa shape index (κ2) is 33.4. The summed E-state index contributed by atoms with van der Waals surface area (Å²) in [5.41, 5.74) is -3.05. The number of carbonyl (C=O) groups is 2. The van der Waals surface area contributed by atoms with E-state index < -0.39 is 52.7 Å². The van der Waals surface area contributed by atoms with Crippen LogP contribution in [0.5, 0.6) is 0 Å². The van der Waals surface area contributed by atoms with Crippen LogP contribution in [-0.4, -0.2) is 86.2 Å². The van der Waals surface area contributed by atoms with Gasteiger partial charge < -0.3 is 86.2 Å². The van der Waals surface area contributed by atoms with Gasteiger partial charge in [-0.15, -0.1) is 0 Å². The summed E-state index contributed by atoms with van der Waals surface area (Å²) >= 11 is 0. The first-order valence-electron chi connectivity index (χ1n) is 19.5. The number of aromatic nitrogens is 1. The van der Waals surface area contributed by atoms with E-state index in [0.29, 0.717) is 52.1 Å². The molecule has 2 atom stereocenters. The Kier molecular flexibility index (Phi) is 32.6. The first-order valence-corrected chi connectivity index (χ1v) is 23.0. The molecule has 0 unspecified atom stereocenters. The Bertz CT molecular complexity index is 2100. The number of rotatable bonds is 14. The van der Waals surface area contributed by atoms with E-state index in [0.717, 1.165) is 7.11 Å². The fraction of sp³-hybridized carbons (Fsp3) is 0.262. The molecule has 1 aromatic heterocycles. The molecule has 2 amide bonds. The van der Waals surface area contributed by atoms with Crippen LogP contribution in [0.15, 0.2) is 140 Å². The summed E-state index contributed by atoms with van der Waals surface area (Å²) in [6, 6.07) is 39.8. The number of nitrogens with zero attached hydrogens (tertiary/aromatic N) is 6. The van der Waals surface area contributed by atoms with Gasteiger partial charge in [0.25, 0.3) is 0 Å². The Morgan fingerprint density at radius 3 is 0.853 bits per heavy atom. The molecule has 0 saturated heterocycles. The molecule has 0 aliphatic heterocycles. The average Bonchev–Trinajstić information content (AvgIpc) is 3.29. The molecule has 0 fully saturated rings. The molecule has 26 heteroatoms. The van der Waals surface area contributed by atoms with Gasteiger partial charge in [0.05, 0.1) is 15.3 Å². The normalized spacial score (nSPS) is 10.8. The van der Waals surface area contributed by atoms with Gasteiger partial charge in [-0.3, -0.25) is 9.59 Å². The number of hydrogen-bond donors (Lipinski definition) is 1. The van der Waals surface area contributed by atoms with E-state index in [4.69, 9.17) is 51.1 Å². The third kappa shape index (κ3) is 17.9. The van der Waals surface area contributed by atoms with Crippen molar-refractivity contribution in [3.05, 3.63) is 202 Å². The molecule has 5 aromatic rings. The van der Waals surface area contributed by atoms with Crippen molar-refractivity contribution in [1.82, 2.24) is 9.80 Å². The van der Waals surface area contributed by atoms with Gasteiger partial charge in [0.1, 0.15) is 0 Å². The van der Waals surface area contributed by atoms with Crippen molar-refractivity contribution in [3.8, 4) is 0 Å². The summed E-state index contributed by atoms with van der Waals surface area (Å²) < 4.78 is 32.5. The zero-order chi connectivity index (χ0) is 49.3. The van der Waals surface area contributed by atoms with E-state index in [9.17, 15) is 9.59 Å². The minimum atomic E-state index is -3.96. The van der Waals surface area contributed by atoms with Crippen LogP contribution in [0.3, 0.4) is 0 Å². The molecular formula is C42H53ErN6O17P2. The number of aliphatic hydroxyl groups excluding tert-OH is 1. The molecule has 375 valence electrons. The Labute approximate surface area is 421 Å². The van der Waals surface area contributed by atoms with Crippen LogP contribution >= 0.6 is 14.3 Å². The Hall–Kier alpha value is -6.04. The van der Waals surface area contributed by atoms with Crippen molar-refractivity contribution >= 4 is 47.3 Å². The van der Waals surface area contributed by atoms with Crippen LogP contribution in [0, 0.1) is 88.5 Å². The quantitative estimate of drug-likeness (QED) is 0.0547. The molecule has 68 heavy (non-hydrogen) atoms. The number of amides is 2. The smallest absolute Gasteiger partial charge is 0.618 e. The summed E-state index contributed by atoms with van der Waals surface area (Å²) in [6.45, 7) is 8.66. The van der Waals surface area contributed by atoms with E-state index in [-0.39, 0.29) is 59.6 Å². The van der Waals surface area contributed by atoms with Gasteiger partial charge in [0, 0.05) is 66.6 Å². The number of likely N-dealkylation sites (N-methyl/N-ethyl adjacent to an activating group) is 2. The number of hydrogen-bond acceptors (Lipinski definition) is 15. The number of aliphatic hydroxyl groups is 1. The average molecular weight is 1140 g/mol. The van der Waals surface area contributed by atoms with Gasteiger partial charge in [-0.1, -0.05) is 121 Å². The molecule has 0 aliphatic carbocycles. The standard InChI is InChI=1S/C41H45N3O5P2.CH4O.Er.3NO3.2H2O/c1-5-42(6-2)40(45)38(50(48,32-22-13-9-14-23-32)33-24-15-10-16-25-33)36-30-21-31-37(44(36)47)39(41(46)43(7-3)8-4)51(49,34-26-17-11-18-27-34)35-28-19-12-20-29-35;1-2;;3*2-1(3)4;;/h9-31,38-39H,5-8H2,1-4H3;2H,1H3;;;;;2*1H2/q;;+3;3*-1;;/t38-,39-;;;;;;;/m0......./s1. The minimum Gasteiger partial charge on any atom is -0.618 e. The molecule has 23 nitrogen and oxygen atoms in total. The molecular weight excluding hydrogens is 1090 g/mol. The molecule has 0 bridgehead atoms. The number of benzene rings is 4. The molecule has 1 heterocycles. The summed E-state index contributed by atoms with van der Waals surface area (Å²) in [5, 5.41) is 68.1. The SMILES string of the molecule is CCN(CC)C(=O)[C@H](c1cccc([C@@H](C(=O)N(CC)CC)P(=O)(c2ccccc2)c2ccccc2)[n+]1[O-])P(=O)(c1ccccc1)c1ccccc1.CO.O.O.O=[N+]([O-])[O-].O=[N+]([O-])[O-].O=[N+]([O-])[O-].[Er+3].